The normalized spacial score (nSPS) is 11.3. The summed E-state index contributed by atoms with van der Waals surface area (Å²) < 4.78 is 1.14. The first-order chi connectivity index (χ1) is 13.9. The van der Waals surface area contributed by atoms with E-state index in [0.29, 0.717) is 13.0 Å². The van der Waals surface area contributed by atoms with Crippen molar-refractivity contribution in [2.75, 3.05) is 37.8 Å². The fraction of sp³-hybridized carbons (Fsp3) is 0.391. The van der Waals surface area contributed by atoms with Gasteiger partial charge in [0.25, 0.3) is 0 Å². The Kier molecular flexibility index (Phi) is 7.70. The van der Waals surface area contributed by atoms with Gasteiger partial charge >= 0.3 is 0 Å². The molecule has 6 heteroatoms. The molecule has 0 radical (unpaired) electrons. The molecule has 3 rings (SSSR count). The molecule has 0 aliphatic heterocycles. The maximum atomic E-state index is 13.0. The first-order valence-electron chi connectivity index (χ1n) is 9.94. The molecule has 0 spiro atoms. The lowest BCUT2D eigenvalue weighted by Crippen LogP contribution is -2.36. The number of aryl methyl sites for hydroxylation is 2. The van der Waals surface area contributed by atoms with Crippen LogP contribution in [-0.2, 0) is 4.79 Å². The number of nitrogens with zero attached hydrogens (tertiary/aromatic N) is 3. The lowest BCUT2D eigenvalue weighted by molar-refractivity contribution is -0.118. The van der Waals surface area contributed by atoms with Gasteiger partial charge in [0.1, 0.15) is 0 Å². The quantitative estimate of drug-likeness (QED) is 0.339. The third kappa shape index (κ3) is 6.29. The van der Waals surface area contributed by atoms with Crippen LogP contribution < -0.4 is 4.90 Å². The summed E-state index contributed by atoms with van der Waals surface area (Å²) >= 11 is 3.42. The molecule has 2 aromatic carbocycles. The average Bonchev–Trinajstić information content (AvgIpc) is 3.09. The van der Waals surface area contributed by atoms with Gasteiger partial charge in [-0.3, -0.25) is 9.69 Å². The largest absolute Gasteiger partial charge is 0.308 e. The van der Waals surface area contributed by atoms with Gasteiger partial charge in [0, 0.05) is 24.4 Å². The number of hydrogen-bond acceptors (Lipinski definition) is 5. The Morgan fingerprint density at radius 2 is 1.76 bits per heavy atom. The minimum absolute atomic E-state index is 0.159. The van der Waals surface area contributed by atoms with Crippen LogP contribution in [0.1, 0.15) is 24.0 Å². The fourth-order valence-electron chi connectivity index (χ4n) is 2.95. The molecule has 0 aliphatic rings. The number of carbonyl (C=O) groups excluding carboxylic acids is 1. The molecule has 4 nitrogen and oxygen atoms in total. The zero-order valence-electron chi connectivity index (χ0n) is 17.6. The van der Waals surface area contributed by atoms with E-state index in [1.165, 1.54) is 16.0 Å². The summed E-state index contributed by atoms with van der Waals surface area (Å²) in [5.74, 6) is 1.10. The fourth-order valence-corrected chi connectivity index (χ4v) is 4.90. The standard InChI is InChI=1S/C23H29N3OS2/c1-17-7-10-19(11-8-17)28-15-5-6-22(27)26(14-13-25(3)4)23-24-20-12-9-18(2)16-21(20)29-23/h7-12,16H,5-6,13-15H2,1-4H3. The Labute approximate surface area is 181 Å². The molecule has 0 aliphatic carbocycles. The van der Waals surface area contributed by atoms with Crippen molar-refractivity contribution >= 4 is 44.4 Å². The Morgan fingerprint density at radius 3 is 2.48 bits per heavy atom. The Hall–Kier alpha value is -1.89. The highest BCUT2D eigenvalue weighted by atomic mass is 32.2. The minimum atomic E-state index is 0.159. The molecule has 3 aromatic rings. The molecular formula is C23H29N3OS2. The summed E-state index contributed by atoms with van der Waals surface area (Å²) in [6.45, 7) is 5.66. The van der Waals surface area contributed by atoms with Crippen molar-refractivity contribution in [2.45, 2.75) is 31.6 Å². The summed E-state index contributed by atoms with van der Waals surface area (Å²) in [4.78, 5) is 23.0. The van der Waals surface area contributed by atoms with Crippen LogP contribution in [0.25, 0.3) is 10.2 Å². The van der Waals surface area contributed by atoms with Gasteiger partial charge in [-0.15, -0.1) is 11.8 Å². The van der Waals surface area contributed by atoms with Crippen molar-refractivity contribution in [2.24, 2.45) is 0 Å². The number of carbonyl (C=O) groups is 1. The van der Waals surface area contributed by atoms with Gasteiger partial charge in [-0.1, -0.05) is 35.1 Å². The Balaban J connectivity index is 1.63. The highest BCUT2D eigenvalue weighted by molar-refractivity contribution is 7.99. The number of aromatic nitrogens is 1. The zero-order valence-corrected chi connectivity index (χ0v) is 19.3. The maximum absolute atomic E-state index is 13.0. The van der Waals surface area contributed by atoms with Crippen LogP contribution >= 0.6 is 23.1 Å². The van der Waals surface area contributed by atoms with Crippen LogP contribution in [0.3, 0.4) is 0 Å². The third-order valence-electron chi connectivity index (χ3n) is 4.66. The monoisotopic (exact) mass is 427 g/mol. The summed E-state index contributed by atoms with van der Waals surface area (Å²) in [6, 6.07) is 14.8. The Morgan fingerprint density at radius 1 is 1.03 bits per heavy atom. The van der Waals surface area contributed by atoms with E-state index in [0.717, 1.165) is 34.1 Å². The predicted molar refractivity (Wildman–Crippen MR) is 126 cm³/mol. The summed E-state index contributed by atoms with van der Waals surface area (Å²) in [5.41, 5.74) is 3.45. The van der Waals surface area contributed by atoms with Crippen molar-refractivity contribution in [1.82, 2.24) is 9.88 Å². The van der Waals surface area contributed by atoms with Crippen molar-refractivity contribution in [3.8, 4) is 0 Å². The van der Waals surface area contributed by atoms with Crippen molar-refractivity contribution < 1.29 is 4.79 Å². The van der Waals surface area contributed by atoms with Crippen LogP contribution in [-0.4, -0.2) is 48.7 Å². The molecule has 0 N–H and O–H groups in total. The summed E-state index contributed by atoms with van der Waals surface area (Å²) in [7, 11) is 4.06. The first kappa shape index (κ1) is 21.8. The van der Waals surface area contributed by atoms with Crippen LogP contribution in [0.15, 0.2) is 47.4 Å². The smallest absolute Gasteiger partial charge is 0.228 e. The number of rotatable bonds is 9. The van der Waals surface area contributed by atoms with Crippen LogP contribution in [0.2, 0.25) is 0 Å². The second-order valence-electron chi connectivity index (χ2n) is 7.58. The first-order valence-corrected chi connectivity index (χ1v) is 11.7. The summed E-state index contributed by atoms with van der Waals surface area (Å²) in [5, 5.41) is 0.809. The number of likely N-dealkylation sites (N-methyl/N-ethyl adjacent to an activating group) is 1. The topological polar surface area (TPSA) is 36.4 Å². The van der Waals surface area contributed by atoms with Gasteiger partial charge in [-0.05, 0) is 69.9 Å². The predicted octanol–water partition coefficient (Wildman–Crippen LogP) is 5.38. The third-order valence-corrected chi connectivity index (χ3v) is 6.80. The number of fused-ring (bicyclic) bond motifs is 1. The van der Waals surface area contributed by atoms with E-state index >= 15 is 0 Å². The molecule has 1 aromatic heterocycles. The van der Waals surface area contributed by atoms with E-state index in [1.807, 2.05) is 36.8 Å². The van der Waals surface area contributed by atoms with Gasteiger partial charge < -0.3 is 4.90 Å². The molecule has 0 bridgehead atoms. The van der Waals surface area contributed by atoms with Crippen LogP contribution in [0.4, 0.5) is 5.13 Å². The zero-order chi connectivity index (χ0) is 20.8. The number of benzene rings is 2. The number of hydrogen-bond donors (Lipinski definition) is 0. The molecule has 0 saturated heterocycles. The maximum Gasteiger partial charge on any atom is 0.228 e. The second-order valence-corrected chi connectivity index (χ2v) is 9.76. The number of thioether (sulfide) groups is 1. The van der Waals surface area contributed by atoms with E-state index in [4.69, 9.17) is 4.98 Å². The lowest BCUT2D eigenvalue weighted by atomic mass is 10.2. The van der Waals surface area contributed by atoms with Crippen molar-refractivity contribution in [3.63, 3.8) is 0 Å². The van der Waals surface area contributed by atoms with Gasteiger partial charge in [-0.2, -0.15) is 0 Å². The van der Waals surface area contributed by atoms with E-state index in [2.05, 4.69) is 55.1 Å². The average molecular weight is 428 g/mol. The highest BCUT2D eigenvalue weighted by Crippen LogP contribution is 2.30. The number of anilines is 1. The van der Waals surface area contributed by atoms with Crippen LogP contribution in [0, 0.1) is 13.8 Å². The molecule has 0 saturated carbocycles. The molecule has 0 unspecified atom stereocenters. The number of thiazole rings is 1. The molecule has 154 valence electrons. The van der Waals surface area contributed by atoms with E-state index in [9.17, 15) is 4.79 Å². The van der Waals surface area contributed by atoms with Gasteiger partial charge in [0.15, 0.2) is 5.13 Å². The molecule has 29 heavy (non-hydrogen) atoms. The summed E-state index contributed by atoms with van der Waals surface area (Å²) in [6.07, 6.45) is 1.40. The molecular weight excluding hydrogens is 398 g/mol. The lowest BCUT2D eigenvalue weighted by Gasteiger charge is -2.22. The van der Waals surface area contributed by atoms with E-state index in [1.54, 1.807) is 11.3 Å². The molecule has 0 atom stereocenters. The number of amides is 1. The Bertz CT molecular complexity index is 950. The van der Waals surface area contributed by atoms with Crippen LogP contribution in [0.5, 0.6) is 0 Å². The van der Waals surface area contributed by atoms with Gasteiger partial charge in [0.2, 0.25) is 5.91 Å². The van der Waals surface area contributed by atoms with E-state index < -0.39 is 0 Å². The SMILES string of the molecule is Cc1ccc(SCCCC(=O)N(CCN(C)C)c2nc3ccc(C)cc3s2)cc1. The molecule has 1 amide bonds. The van der Waals surface area contributed by atoms with Gasteiger partial charge in [0.05, 0.1) is 10.2 Å². The van der Waals surface area contributed by atoms with Crippen molar-refractivity contribution in [3.05, 3.63) is 53.6 Å². The molecule has 0 fully saturated rings. The van der Waals surface area contributed by atoms with E-state index in [-0.39, 0.29) is 5.91 Å². The molecule has 1 heterocycles. The van der Waals surface area contributed by atoms with Crippen molar-refractivity contribution in [1.29, 1.82) is 0 Å². The highest BCUT2D eigenvalue weighted by Gasteiger charge is 2.19. The minimum Gasteiger partial charge on any atom is -0.308 e. The second kappa shape index (κ2) is 10.2. The van der Waals surface area contributed by atoms with Gasteiger partial charge in [-0.25, -0.2) is 4.98 Å².